The van der Waals surface area contributed by atoms with E-state index in [2.05, 4.69) is 37.5 Å². The Labute approximate surface area is 213 Å². The Hall–Kier alpha value is -2.41. The summed E-state index contributed by atoms with van der Waals surface area (Å²) in [5, 5.41) is 0.692. The third-order valence-electron chi connectivity index (χ3n) is 5.53. The minimum Gasteiger partial charge on any atom is -0.444 e. The van der Waals surface area contributed by atoms with Gasteiger partial charge in [0.1, 0.15) is 17.7 Å². The molecule has 0 spiro atoms. The van der Waals surface area contributed by atoms with Crippen molar-refractivity contribution in [1.82, 2.24) is 18.8 Å². The van der Waals surface area contributed by atoms with Gasteiger partial charge in [-0.3, -0.25) is 0 Å². The minimum absolute atomic E-state index is 0.0422. The maximum absolute atomic E-state index is 13.2. The molecule has 3 aromatic rings. The van der Waals surface area contributed by atoms with Gasteiger partial charge in [-0.05, 0) is 55.8 Å². The Morgan fingerprint density at radius 3 is 2.53 bits per heavy atom. The maximum Gasteiger partial charge on any atom is 0.410 e. The normalized spacial score (nSPS) is 17.3. The molecule has 1 saturated heterocycles. The molecule has 0 unspecified atom stereocenters. The number of hydrogen-bond acceptors (Lipinski definition) is 7. The number of nitrogens with zero attached hydrogens (tertiary/aromatic N) is 5. The number of amides is 1. The highest BCUT2D eigenvalue weighted by Crippen LogP contribution is 2.33. The molecule has 3 heterocycles. The molecule has 2 aromatic heterocycles. The molecule has 1 atom stereocenters. The lowest BCUT2D eigenvalue weighted by Gasteiger charge is -2.41. The van der Waals surface area contributed by atoms with Gasteiger partial charge in [0.2, 0.25) is 10.0 Å². The average Bonchev–Trinajstić information content (AvgIpc) is 3.11. The number of anilines is 1. The average molecular weight is 597 g/mol. The standard InChI is InChI=1S/C23H28IN5O4S/c1-16-12-27(22(30)33-23(2,3)4)10-11-28(16)20-19-18(24)13-29(21(19)26-15-25-20)34(31,32)14-17-8-6-5-7-9-17/h5-9,13,15-16H,10-12,14H2,1-4H3/t16-/m1/s1. The van der Waals surface area contributed by atoms with E-state index in [4.69, 9.17) is 4.74 Å². The molecule has 1 aromatic carbocycles. The summed E-state index contributed by atoms with van der Waals surface area (Å²) < 4.78 is 34.0. The first-order valence-electron chi connectivity index (χ1n) is 11.0. The quantitative estimate of drug-likeness (QED) is 0.422. The van der Waals surface area contributed by atoms with Gasteiger partial charge in [-0.15, -0.1) is 0 Å². The van der Waals surface area contributed by atoms with Gasteiger partial charge in [0, 0.05) is 35.4 Å². The van der Waals surface area contributed by atoms with Crippen molar-refractivity contribution < 1.29 is 17.9 Å². The summed E-state index contributed by atoms with van der Waals surface area (Å²) in [5.41, 5.74) is 0.508. The zero-order valence-electron chi connectivity index (χ0n) is 19.6. The van der Waals surface area contributed by atoms with Gasteiger partial charge in [-0.25, -0.2) is 27.2 Å². The molecule has 34 heavy (non-hydrogen) atoms. The molecule has 1 aliphatic rings. The number of ether oxygens (including phenoxy) is 1. The van der Waals surface area contributed by atoms with Crippen molar-refractivity contribution in [2.45, 2.75) is 45.1 Å². The fraction of sp³-hybridized carbons (Fsp3) is 0.435. The van der Waals surface area contributed by atoms with Crippen LogP contribution in [0.15, 0.2) is 42.9 Å². The van der Waals surface area contributed by atoms with Crippen LogP contribution in [0.5, 0.6) is 0 Å². The molecule has 11 heteroatoms. The second-order valence-corrected chi connectivity index (χ2v) is 12.4. The largest absolute Gasteiger partial charge is 0.444 e. The molecule has 182 valence electrons. The third kappa shape index (κ3) is 5.14. The van der Waals surface area contributed by atoms with Gasteiger partial charge in [-0.1, -0.05) is 30.3 Å². The molecule has 1 amide bonds. The molecule has 0 radical (unpaired) electrons. The molecule has 0 aliphatic carbocycles. The molecule has 9 nitrogen and oxygen atoms in total. The number of carbonyl (C=O) groups excluding carboxylic acids is 1. The highest BCUT2D eigenvalue weighted by molar-refractivity contribution is 14.1. The van der Waals surface area contributed by atoms with E-state index in [-0.39, 0.29) is 17.9 Å². The third-order valence-corrected chi connectivity index (χ3v) is 7.92. The van der Waals surface area contributed by atoms with E-state index >= 15 is 0 Å². The number of hydrogen-bond donors (Lipinski definition) is 0. The van der Waals surface area contributed by atoms with E-state index in [0.717, 1.165) is 3.57 Å². The number of fused-ring (bicyclic) bond motifs is 1. The number of benzene rings is 1. The van der Waals surface area contributed by atoms with Crippen molar-refractivity contribution in [3.63, 3.8) is 0 Å². The van der Waals surface area contributed by atoms with E-state index in [1.807, 2.05) is 45.9 Å². The van der Waals surface area contributed by atoms with Crippen molar-refractivity contribution in [3.05, 3.63) is 52.0 Å². The fourth-order valence-corrected chi connectivity index (χ4v) is 6.40. The lowest BCUT2D eigenvalue weighted by molar-refractivity contribution is 0.0218. The molecule has 0 bridgehead atoms. The molecule has 4 rings (SSSR count). The van der Waals surface area contributed by atoms with Crippen LogP contribution < -0.4 is 4.90 Å². The van der Waals surface area contributed by atoms with E-state index in [1.54, 1.807) is 23.2 Å². The van der Waals surface area contributed by atoms with Crippen LogP contribution in [0.1, 0.15) is 33.3 Å². The van der Waals surface area contributed by atoms with Gasteiger partial charge in [0.15, 0.2) is 5.65 Å². The van der Waals surface area contributed by atoms with Crippen molar-refractivity contribution >= 4 is 55.6 Å². The Kier molecular flexibility index (Phi) is 6.78. The van der Waals surface area contributed by atoms with Gasteiger partial charge in [0.25, 0.3) is 0 Å². The molecule has 0 N–H and O–H groups in total. The van der Waals surface area contributed by atoms with E-state index in [9.17, 15) is 13.2 Å². The summed E-state index contributed by atoms with van der Waals surface area (Å²) in [7, 11) is -3.68. The molecular weight excluding hydrogens is 569 g/mol. The lowest BCUT2D eigenvalue weighted by Crippen LogP contribution is -2.54. The van der Waals surface area contributed by atoms with Crippen molar-refractivity contribution in [3.8, 4) is 0 Å². The van der Waals surface area contributed by atoms with Crippen LogP contribution in [-0.4, -0.2) is 64.6 Å². The number of rotatable bonds is 4. The topological polar surface area (TPSA) is 97.6 Å². The van der Waals surface area contributed by atoms with E-state index in [0.29, 0.717) is 42.0 Å². The van der Waals surface area contributed by atoms with Gasteiger partial charge < -0.3 is 14.5 Å². The Bertz CT molecular complexity index is 1300. The second kappa shape index (κ2) is 9.33. The van der Waals surface area contributed by atoms with Crippen molar-refractivity contribution in [2.75, 3.05) is 24.5 Å². The highest BCUT2D eigenvalue weighted by atomic mass is 127. The number of aromatic nitrogens is 3. The Morgan fingerprint density at radius 2 is 1.88 bits per heavy atom. The summed E-state index contributed by atoms with van der Waals surface area (Å²) in [6.07, 6.45) is 2.66. The van der Waals surface area contributed by atoms with Crippen LogP contribution in [0.3, 0.4) is 0 Å². The zero-order chi connectivity index (χ0) is 24.7. The van der Waals surface area contributed by atoms with Crippen LogP contribution in [-0.2, 0) is 20.5 Å². The lowest BCUT2D eigenvalue weighted by atomic mass is 10.1. The molecule has 0 saturated carbocycles. The van der Waals surface area contributed by atoms with Gasteiger partial charge >= 0.3 is 6.09 Å². The molecular formula is C23H28IN5O4S. The van der Waals surface area contributed by atoms with Crippen LogP contribution in [0, 0.1) is 3.57 Å². The first-order chi connectivity index (χ1) is 16.0. The molecule has 1 fully saturated rings. The summed E-state index contributed by atoms with van der Waals surface area (Å²) in [4.78, 5) is 25.2. The van der Waals surface area contributed by atoms with Crippen molar-refractivity contribution in [1.29, 1.82) is 0 Å². The summed E-state index contributed by atoms with van der Waals surface area (Å²) in [5.74, 6) is 0.539. The number of carbonyl (C=O) groups is 1. The van der Waals surface area contributed by atoms with E-state index in [1.165, 1.54) is 10.3 Å². The summed E-state index contributed by atoms with van der Waals surface area (Å²) >= 11 is 2.13. The maximum atomic E-state index is 13.2. The first kappa shape index (κ1) is 24.7. The predicted molar refractivity (Wildman–Crippen MR) is 139 cm³/mol. The Balaban J connectivity index is 1.63. The van der Waals surface area contributed by atoms with Crippen LogP contribution in [0.2, 0.25) is 0 Å². The van der Waals surface area contributed by atoms with Crippen LogP contribution in [0.4, 0.5) is 10.6 Å². The number of halogens is 1. The highest BCUT2D eigenvalue weighted by Gasteiger charge is 2.32. The second-order valence-electron chi connectivity index (χ2n) is 9.38. The fourth-order valence-electron chi connectivity index (χ4n) is 4.03. The first-order valence-corrected chi connectivity index (χ1v) is 13.7. The Morgan fingerprint density at radius 1 is 1.18 bits per heavy atom. The zero-order valence-corrected chi connectivity index (χ0v) is 22.6. The predicted octanol–water partition coefficient (Wildman–Crippen LogP) is 3.86. The van der Waals surface area contributed by atoms with Crippen LogP contribution >= 0.6 is 22.6 Å². The smallest absolute Gasteiger partial charge is 0.410 e. The van der Waals surface area contributed by atoms with E-state index < -0.39 is 15.6 Å². The number of piperazine rings is 1. The minimum atomic E-state index is -3.68. The molecule has 1 aliphatic heterocycles. The van der Waals surface area contributed by atoms with Crippen molar-refractivity contribution in [2.24, 2.45) is 0 Å². The summed E-state index contributed by atoms with van der Waals surface area (Å²) in [6, 6.07) is 9.04. The monoisotopic (exact) mass is 597 g/mol. The van der Waals surface area contributed by atoms with Gasteiger partial charge in [-0.2, -0.15) is 0 Å². The van der Waals surface area contributed by atoms with Crippen LogP contribution in [0.25, 0.3) is 11.0 Å². The van der Waals surface area contributed by atoms with Gasteiger partial charge in [0.05, 0.1) is 11.1 Å². The summed E-state index contributed by atoms with van der Waals surface area (Å²) in [6.45, 7) is 9.06. The SMILES string of the molecule is C[C@@H]1CN(C(=O)OC(C)(C)C)CCN1c1ncnc2c1c(I)cn2S(=O)(=O)Cc1ccccc1.